The molecule has 2 aromatic carbocycles. The summed E-state index contributed by atoms with van der Waals surface area (Å²) >= 11 is 2.19. The highest BCUT2D eigenvalue weighted by Gasteiger charge is 2.20. The fourth-order valence-electron chi connectivity index (χ4n) is 3.06. The van der Waals surface area contributed by atoms with Crippen LogP contribution in [0.4, 0.5) is 0 Å². The van der Waals surface area contributed by atoms with Crippen molar-refractivity contribution in [2.45, 2.75) is 52.4 Å². The van der Waals surface area contributed by atoms with Crippen molar-refractivity contribution in [3.8, 4) is 11.5 Å². The van der Waals surface area contributed by atoms with Gasteiger partial charge in [0.1, 0.15) is 11.5 Å². The molecule has 2 atom stereocenters. The van der Waals surface area contributed by atoms with Crippen LogP contribution in [0.25, 0.3) is 0 Å². The van der Waals surface area contributed by atoms with Gasteiger partial charge in [-0.05, 0) is 59.0 Å². The van der Waals surface area contributed by atoms with Gasteiger partial charge in [0.25, 0.3) is 0 Å². The van der Waals surface area contributed by atoms with Gasteiger partial charge in [0.05, 0.1) is 3.57 Å². The third kappa shape index (κ3) is 3.82. The van der Waals surface area contributed by atoms with Crippen molar-refractivity contribution in [3.63, 3.8) is 0 Å². The number of phenolic OH excluding ortho intramolecular Hbond substituents is 2. The Hall–Kier alpha value is -1.23. The molecule has 0 heterocycles. The number of hydrogen-bond donors (Lipinski definition) is 2. The van der Waals surface area contributed by atoms with Crippen LogP contribution in [0.3, 0.4) is 0 Å². The number of para-hydroxylation sites is 1. The Labute approximate surface area is 152 Å². The number of rotatable bonds is 5. The van der Waals surface area contributed by atoms with Gasteiger partial charge >= 0.3 is 0 Å². The molecule has 2 unspecified atom stereocenters. The molecule has 2 rings (SSSR count). The quantitative estimate of drug-likeness (QED) is 0.573. The summed E-state index contributed by atoms with van der Waals surface area (Å²) in [7, 11) is 0. The van der Waals surface area contributed by atoms with Crippen LogP contribution in [0.1, 0.15) is 67.7 Å². The van der Waals surface area contributed by atoms with Crippen molar-refractivity contribution in [3.05, 3.63) is 56.2 Å². The molecule has 3 heteroatoms. The molecule has 0 spiro atoms. The Balaban J connectivity index is 2.51. The van der Waals surface area contributed by atoms with E-state index in [1.54, 1.807) is 0 Å². The van der Waals surface area contributed by atoms with Crippen LogP contribution in [0.5, 0.6) is 11.5 Å². The maximum atomic E-state index is 10.5. The van der Waals surface area contributed by atoms with Gasteiger partial charge < -0.3 is 10.2 Å². The van der Waals surface area contributed by atoms with Gasteiger partial charge in [0, 0.05) is 17.0 Å². The molecule has 0 aliphatic heterocycles. The molecular formula is C20H25IO2. The third-order valence-corrected chi connectivity index (χ3v) is 5.43. The minimum atomic E-state index is -0.0582. The van der Waals surface area contributed by atoms with Gasteiger partial charge in [-0.3, -0.25) is 0 Å². The minimum absolute atomic E-state index is 0.0582. The molecule has 0 aromatic heterocycles. The van der Waals surface area contributed by atoms with Crippen LogP contribution in [-0.2, 0) is 0 Å². The number of aromatic hydroxyl groups is 2. The second-order valence-corrected chi connectivity index (χ2v) is 7.53. The summed E-state index contributed by atoms with van der Waals surface area (Å²) in [6, 6.07) is 9.95. The largest absolute Gasteiger partial charge is 0.507 e. The molecule has 0 amide bonds. The summed E-state index contributed by atoms with van der Waals surface area (Å²) in [5.74, 6) is 1.05. The first-order valence-corrected chi connectivity index (χ1v) is 9.25. The van der Waals surface area contributed by atoms with Gasteiger partial charge in [-0.1, -0.05) is 51.5 Å². The number of aryl methyl sites for hydroxylation is 1. The van der Waals surface area contributed by atoms with E-state index in [2.05, 4.69) is 48.6 Å². The van der Waals surface area contributed by atoms with Crippen molar-refractivity contribution >= 4 is 22.6 Å². The van der Waals surface area contributed by atoms with Crippen LogP contribution < -0.4 is 0 Å². The smallest absolute Gasteiger partial charge is 0.132 e. The Kier molecular flexibility index (Phi) is 5.95. The van der Waals surface area contributed by atoms with Crippen LogP contribution in [0.2, 0.25) is 0 Å². The molecule has 124 valence electrons. The monoisotopic (exact) mass is 424 g/mol. The average Bonchev–Trinajstić information content (AvgIpc) is 2.52. The van der Waals surface area contributed by atoms with E-state index in [-0.39, 0.29) is 5.92 Å². The standard InChI is InChI=1S/C20H25IO2/c1-5-7-12(2)15-10-17(20(23)18(21)11-15)14(4)16-9-6-8-13(3)19(16)22/h6,8-12,14,22-23H,5,7H2,1-4H3. The Bertz CT molecular complexity index is 694. The normalized spacial score (nSPS) is 13.8. The van der Waals surface area contributed by atoms with Crippen molar-refractivity contribution in [2.75, 3.05) is 0 Å². The molecule has 2 N–H and O–H groups in total. The van der Waals surface area contributed by atoms with Gasteiger partial charge in [-0.25, -0.2) is 0 Å². The van der Waals surface area contributed by atoms with E-state index in [9.17, 15) is 10.2 Å². The van der Waals surface area contributed by atoms with E-state index >= 15 is 0 Å². The van der Waals surface area contributed by atoms with Crippen molar-refractivity contribution in [1.29, 1.82) is 0 Å². The highest BCUT2D eigenvalue weighted by atomic mass is 127. The van der Waals surface area contributed by atoms with E-state index < -0.39 is 0 Å². The maximum absolute atomic E-state index is 10.5. The Morgan fingerprint density at radius 3 is 2.39 bits per heavy atom. The molecule has 0 radical (unpaired) electrons. The summed E-state index contributed by atoms with van der Waals surface area (Å²) in [6.07, 6.45) is 2.27. The molecule has 2 nitrogen and oxygen atoms in total. The zero-order chi connectivity index (χ0) is 17.1. The average molecular weight is 424 g/mol. The summed E-state index contributed by atoms with van der Waals surface area (Å²) in [4.78, 5) is 0. The highest BCUT2D eigenvalue weighted by molar-refractivity contribution is 14.1. The van der Waals surface area contributed by atoms with E-state index in [1.165, 1.54) is 5.56 Å². The number of benzene rings is 2. The molecular weight excluding hydrogens is 399 g/mol. The van der Waals surface area contributed by atoms with Crippen molar-refractivity contribution < 1.29 is 10.2 Å². The Morgan fingerprint density at radius 2 is 1.74 bits per heavy atom. The van der Waals surface area contributed by atoms with Crippen molar-refractivity contribution in [1.82, 2.24) is 0 Å². The molecule has 2 aromatic rings. The fourth-order valence-corrected chi connectivity index (χ4v) is 3.73. The predicted octanol–water partition coefficient (Wildman–Crippen LogP) is 6.07. The van der Waals surface area contributed by atoms with Gasteiger partial charge in [0.2, 0.25) is 0 Å². The lowest BCUT2D eigenvalue weighted by atomic mass is 9.87. The zero-order valence-corrected chi connectivity index (χ0v) is 16.4. The molecule has 23 heavy (non-hydrogen) atoms. The first-order valence-electron chi connectivity index (χ1n) is 8.17. The molecule has 0 aliphatic rings. The van der Waals surface area contributed by atoms with Gasteiger partial charge in [0.15, 0.2) is 0 Å². The van der Waals surface area contributed by atoms with Crippen LogP contribution in [0.15, 0.2) is 30.3 Å². The van der Waals surface area contributed by atoms with Crippen LogP contribution in [-0.4, -0.2) is 10.2 Å². The fraction of sp³-hybridized carbons (Fsp3) is 0.400. The van der Waals surface area contributed by atoms with E-state index in [0.29, 0.717) is 17.4 Å². The second kappa shape index (κ2) is 7.56. The molecule has 0 aliphatic carbocycles. The number of phenols is 2. The van der Waals surface area contributed by atoms with E-state index in [4.69, 9.17) is 0 Å². The predicted molar refractivity (Wildman–Crippen MR) is 105 cm³/mol. The van der Waals surface area contributed by atoms with Gasteiger partial charge in [-0.2, -0.15) is 0 Å². The zero-order valence-electron chi connectivity index (χ0n) is 14.2. The highest BCUT2D eigenvalue weighted by Crippen LogP contribution is 2.40. The SMILES string of the molecule is CCCC(C)c1cc(I)c(O)c(C(C)c2cccc(C)c2O)c1. The minimum Gasteiger partial charge on any atom is -0.507 e. The molecule has 0 saturated heterocycles. The first-order chi connectivity index (χ1) is 10.9. The van der Waals surface area contributed by atoms with E-state index in [1.807, 2.05) is 32.0 Å². The first kappa shape index (κ1) is 18.1. The molecule has 0 saturated carbocycles. The lowest BCUT2D eigenvalue weighted by Gasteiger charge is -2.20. The Morgan fingerprint density at radius 1 is 1.04 bits per heavy atom. The maximum Gasteiger partial charge on any atom is 0.132 e. The lowest BCUT2D eigenvalue weighted by Crippen LogP contribution is -2.02. The van der Waals surface area contributed by atoms with Gasteiger partial charge in [-0.15, -0.1) is 0 Å². The summed E-state index contributed by atoms with van der Waals surface area (Å²) < 4.78 is 0.872. The third-order valence-electron chi connectivity index (χ3n) is 4.61. The topological polar surface area (TPSA) is 40.5 Å². The van der Waals surface area contributed by atoms with Crippen LogP contribution in [0, 0.1) is 10.5 Å². The second-order valence-electron chi connectivity index (χ2n) is 6.36. The summed E-state index contributed by atoms with van der Waals surface area (Å²) in [5.41, 5.74) is 3.86. The summed E-state index contributed by atoms with van der Waals surface area (Å²) in [6.45, 7) is 8.35. The van der Waals surface area contributed by atoms with Crippen LogP contribution >= 0.6 is 22.6 Å². The molecule has 0 bridgehead atoms. The van der Waals surface area contributed by atoms with E-state index in [0.717, 1.165) is 33.1 Å². The lowest BCUT2D eigenvalue weighted by molar-refractivity contribution is 0.452. The number of hydrogen-bond acceptors (Lipinski definition) is 2. The number of halogens is 1. The molecule has 0 fully saturated rings. The van der Waals surface area contributed by atoms with Crippen molar-refractivity contribution in [2.24, 2.45) is 0 Å². The summed E-state index contributed by atoms with van der Waals surface area (Å²) in [5, 5.41) is 20.9.